The molecule has 0 bridgehead atoms. The molecule has 0 saturated carbocycles. The molecule has 3 heterocycles. The van der Waals surface area contributed by atoms with Gasteiger partial charge in [0.15, 0.2) is 0 Å². The van der Waals surface area contributed by atoms with E-state index < -0.39 is 0 Å². The fourth-order valence-corrected chi connectivity index (χ4v) is 2.86. The summed E-state index contributed by atoms with van der Waals surface area (Å²) in [6.07, 6.45) is 8.83. The third-order valence-corrected chi connectivity index (χ3v) is 4.22. The summed E-state index contributed by atoms with van der Waals surface area (Å²) in [6, 6.07) is 1.73. The molecule has 1 fully saturated rings. The largest absolute Gasteiger partial charge is 0.472 e. The highest BCUT2D eigenvalue weighted by molar-refractivity contribution is 5.93. The van der Waals surface area contributed by atoms with Crippen molar-refractivity contribution in [3.63, 3.8) is 0 Å². The molecule has 6 nitrogen and oxygen atoms in total. The molecule has 2 aromatic heterocycles. The summed E-state index contributed by atoms with van der Waals surface area (Å²) in [6.45, 7) is 4.50. The number of rotatable bonds is 4. The second kappa shape index (κ2) is 6.79. The standard InChI is InChI=1S/C16H22N4O2/c1-18-9-5-17-15(18)3-8-19-6-2-7-20(11-10-19)16(21)14-4-12-22-13-14/h4-5,9,12-13H,2-3,6-8,10-11H2,1H3. The van der Waals surface area contributed by atoms with E-state index in [4.69, 9.17) is 4.42 Å². The molecule has 0 N–H and O–H groups in total. The summed E-state index contributed by atoms with van der Waals surface area (Å²) in [4.78, 5) is 21.0. The SMILES string of the molecule is Cn1ccnc1CCN1CCCN(C(=O)c2ccoc2)CC1. The first-order valence-corrected chi connectivity index (χ1v) is 7.74. The average Bonchev–Trinajstić information content (AvgIpc) is 3.13. The van der Waals surface area contributed by atoms with Crippen LogP contribution in [0.15, 0.2) is 35.4 Å². The van der Waals surface area contributed by atoms with Gasteiger partial charge < -0.3 is 18.8 Å². The zero-order valence-corrected chi connectivity index (χ0v) is 12.9. The van der Waals surface area contributed by atoms with Crippen molar-refractivity contribution in [3.05, 3.63) is 42.4 Å². The lowest BCUT2D eigenvalue weighted by molar-refractivity contribution is 0.0761. The van der Waals surface area contributed by atoms with Crippen molar-refractivity contribution < 1.29 is 9.21 Å². The first-order valence-electron chi connectivity index (χ1n) is 7.74. The van der Waals surface area contributed by atoms with Gasteiger partial charge in [0.1, 0.15) is 12.1 Å². The number of aromatic nitrogens is 2. The van der Waals surface area contributed by atoms with E-state index in [0.29, 0.717) is 5.56 Å². The lowest BCUT2D eigenvalue weighted by Crippen LogP contribution is -2.35. The van der Waals surface area contributed by atoms with Gasteiger partial charge in [0.25, 0.3) is 5.91 Å². The number of hydrogen-bond donors (Lipinski definition) is 0. The minimum atomic E-state index is 0.0692. The maximum Gasteiger partial charge on any atom is 0.257 e. The summed E-state index contributed by atoms with van der Waals surface area (Å²) >= 11 is 0. The van der Waals surface area contributed by atoms with E-state index in [1.54, 1.807) is 12.3 Å². The highest BCUT2D eigenvalue weighted by Crippen LogP contribution is 2.10. The van der Waals surface area contributed by atoms with E-state index in [1.807, 2.05) is 24.3 Å². The average molecular weight is 302 g/mol. The van der Waals surface area contributed by atoms with Gasteiger partial charge in [0.2, 0.25) is 0 Å². The number of nitrogens with zero attached hydrogens (tertiary/aromatic N) is 4. The second-order valence-corrected chi connectivity index (χ2v) is 5.70. The Kier molecular flexibility index (Phi) is 4.58. The monoisotopic (exact) mass is 302 g/mol. The third-order valence-electron chi connectivity index (χ3n) is 4.22. The Labute approximate surface area is 130 Å². The Morgan fingerprint density at radius 1 is 1.32 bits per heavy atom. The Morgan fingerprint density at radius 2 is 2.23 bits per heavy atom. The van der Waals surface area contributed by atoms with Crippen molar-refractivity contribution in [1.82, 2.24) is 19.4 Å². The molecule has 1 saturated heterocycles. The van der Waals surface area contributed by atoms with Crippen LogP contribution in [-0.2, 0) is 13.5 Å². The number of carbonyl (C=O) groups excluding carboxylic acids is 1. The van der Waals surface area contributed by atoms with E-state index in [-0.39, 0.29) is 5.91 Å². The van der Waals surface area contributed by atoms with Crippen LogP contribution in [0.25, 0.3) is 0 Å². The lowest BCUT2D eigenvalue weighted by Gasteiger charge is -2.21. The molecule has 0 radical (unpaired) electrons. The zero-order valence-electron chi connectivity index (χ0n) is 12.9. The van der Waals surface area contributed by atoms with Crippen LogP contribution in [0.3, 0.4) is 0 Å². The van der Waals surface area contributed by atoms with Crippen molar-refractivity contribution in [3.8, 4) is 0 Å². The Balaban J connectivity index is 1.51. The molecule has 0 aliphatic carbocycles. The van der Waals surface area contributed by atoms with Gasteiger partial charge in [-0.25, -0.2) is 4.98 Å². The zero-order chi connectivity index (χ0) is 15.4. The summed E-state index contributed by atoms with van der Waals surface area (Å²) in [5.41, 5.74) is 0.640. The minimum absolute atomic E-state index is 0.0692. The second-order valence-electron chi connectivity index (χ2n) is 5.70. The molecule has 1 aliphatic rings. The Morgan fingerprint density at radius 3 is 2.95 bits per heavy atom. The van der Waals surface area contributed by atoms with Crippen LogP contribution in [0.1, 0.15) is 22.6 Å². The van der Waals surface area contributed by atoms with Crippen LogP contribution in [0.5, 0.6) is 0 Å². The number of furan rings is 1. The predicted molar refractivity (Wildman–Crippen MR) is 82.6 cm³/mol. The molecular formula is C16H22N4O2. The van der Waals surface area contributed by atoms with Gasteiger partial charge in [-0.05, 0) is 19.0 Å². The van der Waals surface area contributed by atoms with Crippen LogP contribution in [0, 0.1) is 0 Å². The molecule has 0 unspecified atom stereocenters. The molecule has 0 spiro atoms. The van der Waals surface area contributed by atoms with Crippen molar-refractivity contribution in [2.75, 3.05) is 32.7 Å². The molecular weight excluding hydrogens is 280 g/mol. The van der Waals surface area contributed by atoms with Crippen LogP contribution >= 0.6 is 0 Å². The van der Waals surface area contributed by atoms with Gasteiger partial charge in [-0.15, -0.1) is 0 Å². The van der Waals surface area contributed by atoms with Crippen LogP contribution in [0.2, 0.25) is 0 Å². The smallest absolute Gasteiger partial charge is 0.257 e. The summed E-state index contributed by atoms with van der Waals surface area (Å²) < 4.78 is 7.06. The van der Waals surface area contributed by atoms with Crippen LogP contribution in [0.4, 0.5) is 0 Å². The van der Waals surface area contributed by atoms with Crippen molar-refractivity contribution >= 4 is 5.91 Å². The first-order chi connectivity index (χ1) is 10.7. The normalized spacial score (nSPS) is 16.7. The fourth-order valence-electron chi connectivity index (χ4n) is 2.86. The number of amides is 1. The first kappa shape index (κ1) is 14.8. The summed E-state index contributed by atoms with van der Waals surface area (Å²) in [7, 11) is 2.02. The van der Waals surface area contributed by atoms with Crippen LogP contribution in [-0.4, -0.2) is 58.0 Å². The Bertz CT molecular complexity index is 605. The van der Waals surface area contributed by atoms with E-state index in [9.17, 15) is 4.79 Å². The molecule has 2 aromatic rings. The lowest BCUT2D eigenvalue weighted by atomic mass is 10.3. The summed E-state index contributed by atoms with van der Waals surface area (Å²) in [5, 5.41) is 0. The van der Waals surface area contributed by atoms with E-state index >= 15 is 0 Å². The molecule has 118 valence electrons. The fraction of sp³-hybridized carbons (Fsp3) is 0.500. The molecule has 1 aliphatic heterocycles. The maximum atomic E-state index is 12.3. The van der Waals surface area contributed by atoms with Crippen LogP contribution < -0.4 is 0 Å². The van der Waals surface area contributed by atoms with Crippen molar-refractivity contribution in [2.45, 2.75) is 12.8 Å². The number of imidazole rings is 1. The predicted octanol–water partition coefficient (Wildman–Crippen LogP) is 1.40. The maximum absolute atomic E-state index is 12.3. The quantitative estimate of drug-likeness (QED) is 0.857. The third kappa shape index (κ3) is 3.39. The van der Waals surface area contributed by atoms with Crippen molar-refractivity contribution in [2.24, 2.45) is 7.05 Å². The van der Waals surface area contributed by atoms with Gasteiger partial charge >= 0.3 is 0 Å². The van der Waals surface area contributed by atoms with Crippen molar-refractivity contribution in [1.29, 1.82) is 0 Å². The molecule has 22 heavy (non-hydrogen) atoms. The minimum Gasteiger partial charge on any atom is -0.472 e. The van der Waals surface area contributed by atoms with Gasteiger partial charge in [-0.3, -0.25) is 4.79 Å². The summed E-state index contributed by atoms with van der Waals surface area (Å²) in [5.74, 6) is 1.18. The topological polar surface area (TPSA) is 54.5 Å². The number of hydrogen-bond acceptors (Lipinski definition) is 4. The molecule has 6 heteroatoms. The van der Waals surface area contributed by atoms with Gasteiger partial charge in [0, 0.05) is 52.0 Å². The number of carbonyl (C=O) groups is 1. The molecule has 3 rings (SSSR count). The van der Waals surface area contributed by atoms with E-state index in [1.165, 1.54) is 6.26 Å². The van der Waals surface area contributed by atoms with Gasteiger partial charge in [0.05, 0.1) is 11.8 Å². The van der Waals surface area contributed by atoms with Gasteiger partial charge in [-0.2, -0.15) is 0 Å². The highest BCUT2D eigenvalue weighted by atomic mass is 16.3. The Hall–Kier alpha value is -2.08. The molecule has 0 aromatic carbocycles. The molecule has 0 atom stereocenters. The molecule has 1 amide bonds. The number of aryl methyl sites for hydroxylation is 1. The van der Waals surface area contributed by atoms with E-state index in [0.717, 1.165) is 51.4 Å². The van der Waals surface area contributed by atoms with Gasteiger partial charge in [-0.1, -0.05) is 0 Å². The highest BCUT2D eigenvalue weighted by Gasteiger charge is 2.20. The van der Waals surface area contributed by atoms with E-state index in [2.05, 4.69) is 14.5 Å².